The molecule has 0 spiro atoms. The van der Waals surface area contributed by atoms with E-state index in [2.05, 4.69) is 154 Å². The molecular weight excluding hydrogens is 661 g/mol. The summed E-state index contributed by atoms with van der Waals surface area (Å²) in [6.07, 6.45) is 13.4. The van der Waals surface area contributed by atoms with Gasteiger partial charge in [-0.15, -0.1) is 0 Å². The third-order valence-corrected chi connectivity index (χ3v) is 12.5. The lowest BCUT2D eigenvalue weighted by atomic mass is 9.72. The van der Waals surface area contributed by atoms with Crippen molar-refractivity contribution in [2.75, 3.05) is 0 Å². The molecule has 3 atom stereocenters. The van der Waals surface area contributed by atoms with Gasteiger partial charge in [-0.3, -0.25) is 4.99 Å². The van der Waals surface area contributed by atoms with Gasteiger partial charge in [0.25, 0.3) is 0 Å². The number of aromatic nitrogens is 4. The van der Waals surface area contributed by atoms with Crippen molar-refractivity contribution in [2.24, 2.45) is 9.98 Å². The van der Waals surface area contributed by atoms with Crippen LogP contribution in [0.5, 0.6) is 0 Å². The summed E-state index contributed by atoms with van der Waals surface area (Å²) >= 11 is 0. The van der Waals surface area contributed by atoms with Crippen molar-refractivity contribution in [2.45, 2.75) is 51.0 Å². The van der Waals surface area contributed by atoms with Crippen LogP contribution in [0.4, 0.5) is 0 Å². The first-order valence-corrected chi connectivity index (χ1v) is 19.0. The van der Waals surface area contributed by atoms with Crippen LogP contribution in [-0.2, 0) is 12.0 Å². The molecule has 4 heterocycles. The SMILES string of the molecule is CC1c2cc3c4c(n(-c5ccccc5)c3cc2-c2cc3c(cc2C1C)c1cc(C2(C)C=NC=N2)ccc1n3-c1ccccc1)CCC(c1cncnc1)=C4. The molecule has 1 aliphatic heterocycles. The van der Waals surface area contributed by atoms with E-state index >= 15 is 0 Å². The minimum Gasteiger partial charge on any atom is -0.313 e. The van der Waals surface area contributed by atoms with Crippen LogP contribution in [0.3, 0.4) is 0 Å². The van der Waals surface area contributed by atoms with E-state index in [0.29, 0.717) is 11.8 Å². The van der Waals surface area contributed by atoms with Gasteiger partial charge in [-0.05, 0) is 132 Å². The van der Waals surface area contributed by atoms with Gasteiger partial charge < -0.3 is 9.13 Å². The summed E-state index contributed by atoms with van der Waals surface area (Å²) in [5, 5.41) is 3.82. The Balaban J connectivity index is 1.19. The van der Waals surface area contributed by atoms with E-state index in [0.717, 1.165) is 29.7 Å². The lowest BCUT2D eigenvalue weighted by molar-refractivity contribution is 0.617. The van der Waals surface area contributed by atoms with Crippen LogP contribution in [0, 0.1) is 0 Å². The maximum absolute atomic E-state index is 4.74. The van der Waals surface area contributed by atoms with E-state index in [-0.39, 0.29) is 0 Å². The molecule has 0 fully saturated rings. The van der Waals surface area contributed by atoms with Crippen molar-refractivity contribution < 1.29 is 0 Å². The summed E-state index contributed by atoms with van der Waals surface area (Å²) in [6.45, 7) is 6.96. The second kappa shape index (κ2) is 11.5. The number of nitrogens with zero attached hydrogens (tertiary/aromatic N) is 6. The molecule has 0 radical (unpaired) electrons. The molecule has 6 nitrogen and oxygen atoms in total. The van der Waals surface area contributed by atoms with Crippen LogP contribution >= 0.6 is 0 Å². The minimum absolute atomic E-state index is 0.330. The van der Waals surface area contributed by atoms with Crippen LogP contribution in [0.2, 0.25) is 0 Å². The van der Waals surface area contributed by atoms with Gasteiger partial charge in [0.05, 0.1) is 16.6 Å². The van der Waals surface area contributed by atoms with Gasteiger partial charge in [-0.2, -0.15) is 0 Å². The Morgan fingerprint density at radius 2 is 1.28 bits per heavy atom. The predicted octanol–water partition coefficient (Wildman–Crippen LogP) is 11.2. The smallest absolute Gasteiger partial charge is 0.120 e. The molecule has 0 saturated carbocycles. The highest BCUT2D eigenvalue weighted by Gasteiger charge is 2.33. The van der Waals surface area contributed by atoms with E-state index < -0.39 is 5.54 Å². The number of rotatable bonds is 4. The molecule has 11 rings (SSSR count). The quantitative estimate of drug-likeness (QED) is 0.184. The molecule has 0 bridgehead atoms. The fraction of sp³-hybridized carbons (Fsp3) is 0.167. The van der Waals surface area contributed by atoms with Crippen molar-refractivity contribution in [1.29, 1.82) is 0 Å². The molecular formula is C48H38N6. The number of hydrogen-bond acceptors (Lipinski definition) is 4. The first-order chi connectivity index (χ1) is 26.5. The van der Waals surface area contributed by atoms with E-state index in [9.17, 15) is 0 Å². The molecule has 0 N–H and O–H groups in total. The Bertz CT molecular complexity index is 2900. The van der Waals surface area contributed by atoms with Gasteiger partial charge in [-0.1, -0.05) is 56.3 Å². The van der Waals surface area contributed by atoms with E-state index in [1.54, 1.807) is 12.7 Å². The summed E-state index contributed by atoms with van der Waals surface area (Å²) in [5.74, 6) is 0.664. The molecule has 6 heteroatoms. The Labute approximate surface area is 313 Å². The molecule has 0 saturated heterocycles. The van der Waals surface area contributed by atoms with Crippen molar-refractivity contribution >= 4 is 56.9 Å². The molecule has 8 aromatic rings. The second-order valence-electron chi connectivity index (χ2n) is 15.4. The fourth-order valence-corrected chi connectivity index (χ4v) is 9.42. The molecule has 3 unspecified atom stereocenters. The van der Waals surface area contributed by atoms with Crippen LogP contribution in [0.25, 0.3) is 66.9 Å². The largest absolute Gasteiger partial charge is 0.313 e. The number of para-hydroxylation sites is 2. The first kappa shape index (κ1) is 31.2. The van der Waals surface area contributed by atoms with Crippen LogP contribution in [0.15, 0.2) is 132 Å². The van der Waals surface area contributed by atoms with Gasteiger partial charge in [0.15, 0.2) is 0 Å². The van der Waals surface area contributed by atoms with Gasteiger partial charge in [0.2, 0.25) is 0 Å². The molecule has 2 aliphatic carbocycles. The maximum atomic E-state index is 4.74. The van der Waals surface area contributed by atoms with Crippen molar-refractivity contribution in [3.63, 3.8) is 0 Å². The topological polar surface area (TPSA) is 60.4 Å². The monoisotopic (exact) mass is 698 g/mol. The Morgan fingerprint density at radius 1 is 0.648 bits per heavy atom. The first-order valence-electron chi connectivity index (χ1n) is 19.0. The van der Waals surface area contributed by atoms with Crippen LogP contribution in [0.1, 0.15) is 72.5 Å². The van der Waals surface area contributed by atoms with E-state index in [1.165, 1.54) is 77.5 Å². The number of benzene rings is 5. The molecule has 3 aliphatic rings. The molecule has 260 valence electrons. The van der Waals surface area contributed by atoms with E-state index in [4.69, 9.17) is 4.99 Å². The number of allylic oxidation sites excluding steroid dienone is 1. The molecule has 5 aromatic carbocycles. The average molecular weight is 699 g/mol. The van der Waals surface area contributed by atoms with Gasteiger partial charge in [0, 0.05) is 63.0 Å². The summed E-state index contributed by atoms with van der Waals surface area (Å²) in [5.41, 5.74) is 17.2. The molecule has 0 amide bonds. The molecule has 3 aromatic heterocycles. The number of hydrogen-bond donors (Lipinski definition) is 0. The summed E-state index contributed by atoms with van der Waals surface area (Å²) in [6, 6.07) is 38.5. The summed E-state index contributed by atoms with van der Waals surface area (Å²) in [4.78, 5) is 17.8. The van der Waals surface area contributed by atoms with Crippen LogP contribution < -0.4 is 0 Å². The summed E-state index contributed by atoms with van der Waals surface area (Å²) < 4.78 is 4.95. The lowest BCUT2D eigenvalue weighted by Gasteiger charge is -2.32. The van der Waals surface area contributed by atoms with Gasteiger partial charge >= 0.3 is 0 Å². The van der Waals surface area contributed by atoms with Crippen molar-refractivity contribution in [3.8, 4) is 22.5 Å². The molecule has 54 heavy (non-hydrogen) atoms. The summed E-state index contributed by atoms with van der Waals surface area (Å²) in [7, 11) is 0. The number of aliphatic imine (C=N–C) groups is 2. The highest BCUT2D eigenvalue weighted by Crippen LogP contribution is 2.52. The normalized spacial score (nSPS) is 20.0. The maximum Gasteiger partial charge on any atom is 0.120 e. The zero-order valence-electron chi connectivity index (χ0n) is 30.5. The Morgan fingerprint density at radius 3 is 1.94 bits per heavy atom. The van der Waals surface area contributed by atoms with Crippen molar-refractivity contribution in [3.05, 3.63) is 155 Å². The third kappa shape index (κ3) is 4.46. The lowest BCUT2D eigenvalue weighted by Crippen LogP contribution is -2.18. The number of fused-ring (bicyclic) bond motifs is 9. The third-order valence-electron chi connectivity index (χ3n) is 12.5. The van der Waals surface area contributed by atoms with Crippen LogP contribution in [-0.4, -0.2) is 31.7 Å². The van der Waals surface area contributed by atoms with Crippen molar-refractivity contribution in [1.82, 2.24) is 19.1 Å². The standard InChI is InChI=1S/C48H38N6/c1-29-30(2)37-21-43-41-19-33(48(3)26-51-28-52-48)15-17-45(41)54(35-12-8-5-9-13-35)47(43)23-39(37)38-22-46-42(20-36(29)38)40-18-31(32-24-49-27-50-25-32)14-16-44(40)53(46)34-10-6-4-7-11-34/h4-13,15,17-30H,14,16H2,1-3H3. The zero-order valence-corrected chi connectivity index (χ0v) is 30.5. The Kier molecular flexibility index (Phi) is 6.66. The van der Waals surface area contributed by atoms with Gasteiger partial charge in [-0.25, -0.2) is 15.0 Å². The minimum atomic E-state index is -0.465. The fourth-order valence-electron chi connectivity index (χ4n) is 9.42. The second-order valence-corrected chi connectivity index (χ2v) is 15.4. The average Bonchev–Trinajstić information content (AvgIpc) is 3.91. The Hall–Kier alpha value is -6.40. The highest BCUT2D eigenvalue weighted by molar-refractivity contribution is 6.12. The van der Waals surface area contributed by atoms with Gasteiger partial charge in [0.1, 0.15) is 18.2 Å². The highest BCUT2D eigenvalue weighted by atomic mass is 15.0. The zero-order chi connectivity index (χ0) is 36.1. The van der Waals surface area contributed by atoms with E-state index in [1.807, 2.05) is 18.6 Å². The predicted molar refractivity (Wildman–Crippen MR) is 222 cm³/mol.